The number of likely N-dealkylation sites (N-methyl/N-ethyl adjacent to an activating group) is 1. The third kappa shape index (κ3) is 2.55. The quantitative estimate of drug-likeness (QED) is 0.892. The first kappa shape index (κ1) is 13.4. The highest BCUT2D eigenvalue weighted by atomic mass is 32.2. The molecule has 0 bridgehead atoms. The zero-order valence-electron chi connectivity index (χ0n) is 10.7. The Morgan fingerprint density at radius 3 is 2.88 bits per heavy atom. The summed E-state index contributed by atoms with van der Waals surface area (Å²) < 4.78 is 0. The third-order valence-electron chi connectivity index (χ3n) is 3.95. The van der Waals surface area contributed by atoms with Crippen molar-refractivity contribution in [2.45, 2.75) is 37.6 Å². The molecule has 1 saturated heterocycles. The van der Waals surface area contributed by atoms with Crippen LogP contribution >= 0.6 is 23.1 Å². The van der Waals surface area contributed by atoms with E-state index in [9.17, 15) is 0 Å². The number of nitrogens with two attached hydrogens (primary N) is 1. The van der Waals surface area contributed by atoms with Crippen LogP contribution in [0, 0.1) is 0 Å². The predicted molar refractivity (Wildman–Crippen MR) is 78.7 cm³/mol. The van der Waals surface area contributed by atoms with Gasteiger partial charge in [-0.1, -0.05) is 19.9 Å². The Balaban J connectivity index is 2.15. The van der Waals surface area contributed by atoms with Gasteiger partial charge in [-0.3, -0.25) is 4.90 Å². The number of hydrogen-bond donors (Lipinski definition) is 1. The van der Waals surface area contributed by atoms with E-state index in [1.54, 1.807) is 0 Å². The summed E-state index contributed by atoms with van der Waals surface area (Å²) in [5, 5.41) is 2.80. The Kier molecular flexibility index (Phi) is 4.53. The van der Waals surface area contributed by atoms with Crippen LogP contribution in [0.25, 0.3) is 0 Å². The highest BCUT2D eigenvalue weighted by Gasteiger charge is 2.43. The molecule has 1 aliphatic rings. The van der Waals surface area contributed by atoms with Crippen LogP contribution in [0.15, 0.2) is 17.5 Å². The maximum Gasteiger partial charge on any atom is 0.0458 e. The molecule has 2 unspecified atom stereocenters. The second-order valence-electron chi connectivity index (χ2n) is 4.66. The molecule has 2 N–H and O–H groups in total. The molecular weight excluding hydrogens is 248 g/mol. The highest BCUT2D eigenvalue weighted by Crippen LogP contribution is 2.40. The van der Waals surface area contributed by atoms with Crippen molar-refractivity contribution >= 4 is 23.1 Å². The van der Waals surface area contributed by atoms with Crippen molar-refractivity contribution in [1.29, 1.82) is 0 Å². The average molecular weight is 270 g/mol. The van der Waals surface area contributed by atoms with Crippen LogP contribution < -0.4 is 5.73 Å². The molecule has 0 saturated carbocycles. The van der Waals surface area contributed by atoms with E-state index in [2.05, 4.69) is 48.0 Å². The third-order valence-corrected chi connectivity index (χ3v) is 6.19. The molecule has 4 heteroatoms. The zero-order valence-corrected chi connectivity index (χ0v) is 12.3. The van der Waals surface area contributed by atoms with E-state index < -0.39 is 0 Å². The Morgan fingerprint density at radius 1 is 1.59 bits per heavy atom. The lowest BCUT2D eigenvalue weighted by molar-refractivity contribution is 0.0964. The summed E-state index contributed by atoms with van der Waals surface area (Å²) in [5.74, 6) is 1.25. The van der Waals surface area contributed by atoms with Gasteiger partial charge in [0.05, 0.1) is 0 Å². The summed E-state index contributed by atoms with van der Waals surface area (Å²) >= 11 is 3.91. The number of hydrogen-bond acceptors (Lipinski definition) is 4. The molecule has 2 rings (SSSR count). The van der Waals surface area contributed by atoms with Gasteiger partial charge in [-0.25, -0.2) is 0 Å². The van der Waals surface area contributed by atoms with E-state index in [0.717, 1.165) is 19.6 Å². The predicted octanol–water partition coefficient (Wildman–Crippen LogP) is 2.79. The van der Waals surface area contributed by atoms with Crippen LogP contribution in [0.3, 0.4) is 0 Å². The molecule has 2 nitrogen and oxygen atoms in total. The van der Waals surface area contributed by atoms with Gasteiger partial charge in [0.1, 0.15) is 0 Å². The Bertz CT molecular complexity index is 339. The fraction of sp³-hybridized carbons (Fsp3) is 0.692. The zero-order chi connectivity index (χ0) is 12.3. The minimum atomic E-state index is 0.212. The molecule has 0 spiro atoms. The van der Waals surface area contributed by atoms with E-state index in [-0.39, 0.29) is 5.54 Å². The Labute approximate surface area is 113 Å². The summed E-state index contributed by atoms with van der Waals surface area (Å²) in [7, 11) is 0. The fourth-order valence-electron chi connectivity index (χ4n) is 2.76. The largest absolute Gasteiger partial charge is 0.329 e. The summed E-state index contributed by atoms with van der Waals surface area (Å²) in [6, 6.07) is 4.36. The summed E-state index contributed by atoms with van der Waals surface area (Å²) in [5.41, 5.74) is 6.32. The molecule has 1 aromatic heterocycles. The van der Waals surface area contributed by atoms with E-state index in [1.165, 1.54) is 17.1 Å². The van der Waals surface area contributed by atoms with Crippen LogP contribution in [-0.2, 0) is 6.54 Å². The van der Waals surface area contributed by atoms with Gasteiger partial charge >= 0.3 is 0 Å². The molecule has 0 radical (unpaired) electrons. The number of nitrogens with zero attached hydrogens (tertiary/aromatic N) is 1. The lowest BCUT2D eigenvalue weighted by Crippen LogP contribution is -2.56. The van der Waals surface area contributed by atoms with Crippen molar-refractivity contribution in [3.8, 4) is 0 Å². The van der Waals surface area contributed by atoms with Crippen molar-refractivity contribution in [3.63, 3.8) is 0 Å². The van der Waals surface area contributed by atoms with Crippen LogP contribution in [0.2, 0.25) is 0 Å². The summed E-state index contributed by atoms with van der Waals surface area (Å²) in [6.45, 7) is 7.50. The first-order valence-corrected chi connectivity index (χ1v) is 8.25. The lowest BCUT2D eigenvalue weighted by Gasteiger charge is -2.42. The van der Waals surface area contributed by atoms with E-state index in [1.807, 2.05) is 11.3 Å². The molecule has 2 heterocycles. The first-order valence-electron chi connectivity index (χ1n) is 6.32. The number of rotatable bonds is 5. The van der Waals surface area contributed by atoms with Gasteiger partial charge in [0.15, 0.2) is 0 Å². The van der Waals surface area contributed by atoms with Gasteiger partial charge in [0.25, 0.3) is 0 Å². The van der Waals surface area contributed by atoms with Gasteiger partial charge in [-0.2, -0.15) is 11.8 Å². The summed E-state index contributed by atoms with van der Waals surface area (Å²) in [6.07, 6.45) is 1.23. The van der Waals surface area contributed by atoms with Crippen molar-refractivity contribution < 1.29 is 0 Å². The molecule has 2 atom stereocenters. The Morgan fingerprint density at radius 2 is 2.41 bits per heavy atom. The van der Waals surface area contributed by atoms with Gasteiger partial charge in [0.2, 0.25) is 0 Å². The minimum absolute atomic E-state index is 0.212. The Hall–Kier alpha value is -0.0300. The van der Waals surface area contributed by atoms with Crippen molar-refractivity contribution in [3.05, 3.63) is 22.4 Å². The molecule has 0 aliphatic carbocycles. The van der Waals surface area contributed by atoms with Gasteiger partial charge in [-0.15, -0.1) is 11.3 Å². The molecule has 17 heavy (non-hydrogen) atoms. The monoisotopic (exact) mass is 270 g/mol. The lowest BCUT2D eigenvalue weighted by atomic mass is 9.90. The average Bonchev–Trinajstić information content (AvgIpc) is 2.96. The standard InChI is InChI=1S/C13H22N2S2/c1-3-15(9-12-5-4-7-17-12)13(10-14)6-8-16-11(13)2/h4-5,7,11H,3,6,8-10,14H2,1-2H3. The fourth-order valence-corrected chi connectivity index (χ4v) is 4.98. The maximum absolute atomic E-state index is 6.11. The molecule has 96 valence electrons. The normalized spacial score (nSPS) is 29.1. The van der Waals surface area contributed by atoms with Crippen molar-refractivity contribution in [2.24, 2.45) is 5.73 Å². The first-order chi connectivity index (χ1) is 8.23. The van der Waals surface area contributed by atoms with Gasteiger partial charge < -0.3 is 5.73 Å². The minimum Gasteiger partial charge on any atom is -0.329 e. The molecule has 0 amide bonds. The second-order valence-corrected chi connectivity index (χ2v) is 7.15. The highest BCUT2D eigenvalue weighted by molar-refractivity contribution is 8.00. The molecule has 1 aliphatic heterocycles. The van der Waals surface area contributed by atoms with Crippen LogP contribution in [0.5, 0.6) is 0 Å². The SMILES string of the molecule is CCN(Cc1cccs1)C1(CN)CCSC1C. The molecule has 1 fully saturated rings. The van der Waals surface area contributed by atoms with Gasteiger partial charge in [0, 0.05) is 28.8 Å². The van der Waals surface area contributed by atoms with E-state index in [0.29, 0.717) is 5.25 Å². The smallest absolute Gasteiger partial charge is 0.0458 e. The van der Waals surface area contributed by atoms with Crippen LogP contribution in [-0.4, -0.2) is 34.5 Å². The van der Waals surface area contributed by atoms with E-state index in [4.69, 9.17) is 5.73 Å². The van der Waals surface area contributed by atoms with Crippen LogP contribution in [0.4, 0.5) is 0 Å². The van der Waals surface area contributed by atoms with Gasteiger partial charge in [-0.05, 0) is 30.2 Å². The second kappa shape index (κ2) is 5.74. The topological polar surface area (TPSA) is 29.3 Å². The van der Waals surface area contributed by atoms with Crippen molar-refractivity contribution in [2.75, 3.05) is 18.8 Å². The van der Waals surface area contributed by atoms with E-state index >= 15 is 0 Å². The molecule has 0 aromatic carbocycles. The molecular formula is C13H22N2S2. The number of thiophene rings is 1. The summed E-state index contributed by atoms with van der Waals surface area (Å²) in [4.78, 5) is 4.03. The van der Waals surface area contributed by atoms with Crippen molar-refractivity contribution in [1.82, 2.24) is 4.90 Å². The van der Waals surface area contributed by atoms with Crippen LogP contribution in [0.1, 0.15) is 25.1 Å². The maximum atomic E-state index is 6.11. The molecule has 1 aromatic rings. The number of thioether (sulfide) groups is 1.